The van der Waals surface area contributed by atoms with Crippen LogP contribution in [-0.2, 0) is 0 Å². The van der Waals surface area contributed by atoms with Crippen molar-refractivity contribution in [3.8, 4) is 0 Å². The van der Waals surface area contributed by atoms with Crippen LogP contribution in [0.1, 0.15) is 18.0 Å². The number of aromatic amines is 1. The van der Waals surface area contributed by atoms with Gasteiger partial charge in [0, 0.05) is 6.20 Å². The number of nitrogens with zero attached hydrogens (tertiary/aromatic N) is 1. The quantitative estimate of drug-likeness (QED) is 0.576. The maximum atomic E-state index is 5.66. The molecule has 3 heteroatoms. The molecule has 0 fully saturated rings. The lowest BCUT2D eigenvalue weighted by Gasteiger charge is -1.91. The first-order valence-corrected chi connectivity index (χ1v) is 2.87. The van der Waals surface area contributed by atoms with E-state index in [1.807, 2.05) is 6.92 Å². The van der Waals surface area contributed by atoms with E-state index in [1.54, 1.807) is 12.5 Å². The van der Waals surface area contributed by atoms with Crippen LogP contribution < -0.4 is 0 Å². The van der Waals surface area contributed by atoms with Gasteiger partial charge in [0.05, 0.1) is 17.4 Å². The van der Waals surface area contributed by atoms with E-state index >= 15 is 0 Å². The van der Waals surface area contributed by atoms with Crippen LogP contribution in [0.3, 0.4) is 0 Å². The molecule has 44 valence electrons. The van der Waals surface area contributed by atoms with Gasteiger partial charge >= 0.3 is 0 Å². The van der Waals surface area contributed by atoms with Crippen molar-refractivity contribution < 1.29 is 0 Å². The Morgan fingerprint density at radius 3 is 2.88 bits per heavy atom. The maximum absolute atomic E-state index is 5.66. The van der Waals surface area contributed by atoms with Gasteiger partial charge in [-0.2, -0.15) is 0 Å². The number of imidazole rings is 1. The second-order valence-corrected chi connectivity index (χ2v) is 2.26. The minimum atomic E-state index is 0.0150. The SMILES string of the molecule is CC(Cl)c1c[nH]cn1. The van der Waals surface area contributed by atoms with E-state index in [4.69, 9.17) is 11.6 Å². The molecule has 1 rings (SSSR count). The first kappa shape index (κ1) is 5.63. The van der Waals surface area contributed by atoms with Crippen LogP contribution >= 0.6 is 11.6 Å². The van der Waals surface area contributed by atoms with Crippen LogP contribution in [0.5, 0.6) is 0 Å². The second-order valence-electron chi connectivity index (χ2n) is 1.61. The van der Waals surface area contributed by atoms with Gasteiger partial charge in [-0.25, -0.2) is 4.98 Å². The standard InChI is InChI=1S/C5H7ClN2/c1-4(6)5-2-7-3-8-5/h2-4H,1H3,(H,7,8). The van der Waals surface area contributed by atoms with Crippen molar-refractivity contribution in [3.63, 3.8) is 0 Å². The number of alkyl halides is 1. The summed E-state index contributed by atoms with van der Waals surface area (Å²) in [7, 11) is 0. The Bertz CT molecular complexity index is 145. The molecule has 0 aliphatic heterocycles. The zero-order chi connectivity index (χ0) is 5.98. The Morgan fingerprint density at radius 2 is 2.62 bits per heavy atom. The minimum absolute atomic E-state index is 0.0150. The molecular formula is C5H7ClN2. The summed E-state index contributed by atoms with van der Waals surface area (Å²) in [5.74, 6) is 0. The smallest absolute Gasteiger partial charge is 0.0923 e. The Hall–Kier alpha value is -0.500. The first-order valence-electron chi connectivity index (χ1n) is 2.43. The molecule has 0 amide bonds. The highest BCUT2D eigenvalue weighted by atomic mass is 35.5. The number of hydrogen-bond acceptors (Lipinski definition) is 1. The molecule has 0 aromatic carbocycles. The summed E-state index contributed by atoms with van der Waals surface area (Å²) < 4.78 is 0. The highest BCUT2D eigenvalue weighted by Gasteiger charge is 1.99. The molecule has 1 aromatic heterocycles. The van der Waals surface area contributed by atoms with E-state index in [1.165, 1.54) is 0 Å². The van der Waals surface area contributed by atoms with E-state index in [-0.39, 0.29) is 5.38 Å². The Labute approximate surface area is 52.9 Å². The van der Waals surface area contributed by atoms with E-state index in [0.717, 1.165) is 5.69 Å². The van der Waals surface area contributed by atoms with Crippen molar-refractivity contribution in [2.45, 2.75) is 12.3 Å². The highest BCUT2D eigenvalue weighted by Crippen LogP contribution is 2.14. The third-order valence-corrected chi connectivity index (χ3v) is 1.15. The summed E-state index contributed by atoms with van der Waals surface area (Å²) in [5, 5.41) is 0.0150. The summed E-state index contributed by atoms with van der Waals surface area (Å²) in [6, 6.07) is 0. The topological polar surface area (TPSA) is 28.7 Å². The summed E-state index contributed by atoms with van der Waals surface area (Å²) >= 11 is 5.66. The highest BCUT2D eigenvalue weighted by molar-refractivity contribution is 6.20. The third-order valence-electron chi connectivity index (χ3n) is 0.927. The molecule has 8 heavy (non-hydrogen) atoms. The molecule has 0 saturated carbocycles. The van der Waals surface area contributed by atoms with Crippen LogP contribution in [0.25, 0.3) is 0 Å². The molecule has 1 N–H and O–H groups in total. The van der Waals surface area contributed by atoms with Gasteiger partial charge < -0.3 is 4.98 Å². The van der Waals surface area contributed by atoms with Crippen LogP contribution in [0.15, 0.2) is 12.5 Å². The molecule has 2 nitrogen and oxygen atoms in total. The zero-order valence-corrected chi connectivity index (χ0v) is 5.31. The molecule has 1 atom stereocenters. The van der Waals surface area contributed by atoms with Gasteiger partial charge in [0.1, 0.15) is 0 Å². The van der Waals surface area contributed by atoms with Gasteiger partial charge in [-0.1, -0.05) is 0 Å². The third kappa shape index (κ3) is 1.01. The Morgan fingerprint density at radius 1 is 1.88 bits per heavy atom. The zero-order valence-electron chi connectivity index (χ0n) is 4.56. The molecule has 0 radical (unpaired) electrons. The van der Waals surface area contributed by atoms with E-state index in [2.05, 4.69) is 9.97 Å². The van der Waals surface area contributed by atoms with E-state index in [0.29, 0.717) is 0 Å². The fourth-order valence-corrected chi connectivity index (χ4v) is 0.609. The number of H-pyrrole nitrogens is 1. The molecule has 1 unspecified atom stereocenters. The minimum Gasteiger partial charge on any atom is -0.351 e. The average Bonchev–Trinajstić information content (AvgIpc) is 2.12. The maximum Gasteiger partial charge on any atom is 0.0923 e. The molecule has 1 aromatic rings. The van der Waals surface area contributed by atoms with E-state index in [9.17, 15) is 0 Å². The molecule has 0 bridgehead atoms. The van der Waals surface area contributed by atoms with Crippen LogP contribution in [0.4, 0.5) is 0 Å². The number of nitrogens with one attached hydrogen (secondary N) is 1. The van der Waals surface area contributed by atoms with Gasteiger partial charge in [0.15, 0.2) is 0 Å². The fourth-order valence-electron chi connectivity index (χ4n) is 0.489. The predicted molar refractivity (Wildman–Crippen MR) is 32.9 cm³/mol. The first-order chi connectivity index (χ1) is 3.80. The average molecular weight is 131 g/mol. The number of rotatable bonds is 1. The van der Waals surface area contributed by atoms with Crippen molar-refractivity contribution in [2.24, 2.45) is 0 Å². The van der Waals surface area contributed by atoms with Gasteiger partial charge in [0.25, 0.3) is 0 Å². The molecule has 0 aliphatic carbocycles. The van der Waals surface area contributed by atoms with Crippen LogP contribution in [0.2, 0.25) is 0 Å². The second kappa shape index (κ2) is 2.18. The fraction of sp³-hybridized carbons (Fsp3) is 0.400. The normalized spacial score (nSPS) is 13.8. The van der Waals surface area contributed by atoms with Crippen LogP contribution in [-0.4, -0.2) is 9.97 Å². The Kier molecular flexibility index (Phi) is 1.53. The Balaban J connectivity index is 2.77. The van der Waals surface area contributed by atoms with Gasteiger partial charge in [-0.15, -0.1) is 11.6 Å². The van der Waals surface area contributed by atoms with Crippen LogP contribution in [0, 0.1) is 0 Å². The van der Waals surface area contributed by atoms with E-state index < -0.39 is 0 Å². The number of hydrogen-bond donors (Lipinski definition) is 1. The molecule has 0 spiro atoms. The van der Waals surface area contributed by atoms with Crippen molar-refractivity contribution in [2.75, 3.05) is 0 Å². The molecular weight excluding hydrogens is 124 g/mol. The molecule has 0 saturated heterocycles. The molecule has 0 aliphatic rings. The lowest BCUT2D eigenvalue weighted by Crippen LogP contribution is -1.80. The summed E-state index contributed by atoms with van der Waals surface area (Å²) in [6.07, 6.45) is 3.41. The lowest BCUT2D eigenvalue weighted by atomic mass is 10.4. The van der Waals surface area contributed by atoms with Crippen molar-refractivity contribution in [1.29, 1.82) is 0 Å². The monoisotopic (exact) mass is 130 g/mol. The number of aromatic nitrogens is 2. The van der Waals surface area contributed by atoms with Crippen molar-refractivity contribution >= 4 is 11.6 Å². The summed E-state index contributed by atoms with van der Waals surface area (Å²) in [6.45, 7) is 1.89. The van der Waals surface area contributed by atoms with Crippen molar-refractivity contribution in [3.05, 3.63) is 18.2 Å². The van der Waals surface area contributed by atoms with Gasteiger partial charge in [-0.05, 0) is 6.92 Å². The lowest BCUT2D eigenvalue weighted by molar-refractivity contribution is 1.02. The predicted octanol–water partition coefficient (Wildman–Crippen LogP) is 1.71. The van der Waals surface area contributed by atoms with Gasteiger partial charge in [0.2, 0.25) is 0 Å². The molecule has 1 heterocycles. The number of halogens is 1. The summed E-state index contributed by atoms with van der Waals surface area (Å²) in [4.78, 5) is 6.74. The van der Waals surface area contributed by atoms with Crippen molar-refractivity contribution in [1.82, 2.24) is 9.97 Å². The summed E-state index contributed by atoms with van der Waals surface area (Å²) in [5.41, 5.74) is 0.895. The largest absolute Gasteiger partial charge is 0.351 e. The van der Waals surface area contributed by atoms with Gasteiger partial charge in [-0.3, -0.25) is 0 Å².